The summed E-state index contributed by atoms with van der Waals surface area (Å²) in [6.07, 6.45) is 19.8. The SMILES string of the molecule is CCCCCCCCC(CCCCCCCC)OC(=O)C(C)(C)CCCCCCOC(=O)[C@@H]1CC(O)CN1C(=O)OC(C)(C)C. The van der Waals surface area contributed by atoms with Crippen molar-refractivity contribution in [2.75, 3.05) is 13.2 Å². The molecule has 1 heterocycles. The molecule has 0 aromatic carbocycles. The number of likely N-dealkylation sites (tertiary alicyclic amines) is 1. The van der Waals surface area contributed by atoms with Crippen LogP contribution in [0.3, 0.4) is 0 Å². The molecular formula is C37H69NO7. The van der Waals surface area contributed by atoms with E-state index in [1.807, 2.05) is 13.8 Å². The molecule has 1 unspecified atom stereocenters. The second-order valence-corrected chi connectivity index (χ2v) is 14.9. The zero-order valence-corrected chi connectivity index (χ0v) is 30.1. The van der Waals surface area contributed by atoms with Crippen molar-refractivity contribution in [3.63, 3.8) is 0 Å². The van der Waals surface area contributed by atoms with Gasteiger partial charge < -0.3 is 19.3 Å². The number of unbranched alkanes of at least 4 members (excludes halogenated alkanes) is 13. The minimum atomic E-state index is -0.826. The van der Waals surface area contributed by atoms with Crippen LogP contribution in [0.4, 0.5) is 4.79 Å². The predicted octanol–water partition coefficient (Wildman–Crippen LogP) is 9.29. The average molecular weight is 640 g/mol. The molecule has 0 radical (unpaired) electrons. The van der Waals surface area contributed by atoms with Gasteiger partial charge in [-0.2, -0.15) is 0 Å². The Morgan fingerprint density at radius 1 is 0.756 bits per heavy atom. The first-order chi connectivity index (χ1) is 21.3. The van der Waals surface area contributed by atoms with Gasteiger partial charge in [0.15, 0.2) is 0 Å². The second kappa shape index (κ2) is 22.7. The van der Waals surface area contributed by atoms with Crippen LogP contribution in [0.15, 0.2) is 0 Å². The van der Waals surface area contributed by atoms with E-state index in [9.17, 15) is 19.5 Å². The van der Waals surface area contributed by atoms with Gasteiger partial charge in [-0.15, -0.1) is 0 Å². The largest absolute Gasteiger partial charge is 0.464 e. The predicted molar refractivity (Wildman–Crippen MR) is 181 cm³/mol. The minimum absolute atomic E-state index is 0.0241. The Bertz CT molecular complexity index is 806. The molecule has 1 rings (SSSR count). The van der Waals surface area contributed by atoms with Crippen molar-refractivity contribution in [1.82, 2.24) is 4.90 Å². The Balaban J connectivity index is 2.40. The first-order valence-electron chi connectivity index (χ1n) is 18.4. The van der Waals surface area contributed by atoms with Crippen LogP contribution in [0.5, 0.6) is 0 Å². The van der Waals surface area contributed by atoms with Gasteiger partial charge in [-0.1, -0.05) is 97.3 Å². The highest BCUT2D eigenvalue weighted by atomic mass is 16.6. The molecule has 1 N–H and O–H groups in total. The molecule has 0 saturated carbocycles. The molecule has 264 valence electrons. The highest BCUT2D eigenvalue weighted by Gasteiger charge is 2.41. The van der Waals surface area contributed by atoms with Crippen LogP contribution in [0, 0.1) is 5.41 Å². The number of nitrogens with zero attached hydrogens (tertiary/aromatic N) is 1. The molecule has 0 aliphatic carbocycles. The molecule has 0 bridgehead atoms. The molecule has 1 saturated heterocycles. The number of ether oxygens (including phenoxy) is 3. The Morgan fingerprint density at radius 3 is 1.82 bits per heavy atom. The van der Waals surface area contributed by atoms with Gasteiger partial charge in [0, 0.05) is 6.42 Å². The lowest BCUT2D eigenvalue weighted by atomic mass is 9.86. The Labute approximate surface area is 275 Å². The lowest BCUT2D eigenvalue weighted by molar-refractivity contribution is -0.161. The molecule has 1 amide bonds. The van der Waals surface area contributed by atoms with Crippen molar-refractivity contribution in [1.29, 1.82) is 0 Å². The smallest absolute Gasteiger partial charge is 0.411 e. The van der Waals surface area contributed by atoms with E-state index in [0.29, 0.717) is 6.42 Å². The molecule has 1 aliphatic heterocycles. The molecule has 0 aromatic rings. The number of rotatable bonds is 24. The summed E-state index contributed by atoms with van der Waals surface area (Å²) >= 11 is 0. The molecule has 8 nitrogen and oxygen atoms in total. The number of hydrogen-bond donors (Lipinski definition) is 1. The Morgan fingerprint density at radius 2 is 1.27 bits per heavy atom. The van der Waals surface area contributed by atoms with Gasteiger partial charge in [0.1, 0.15) is 17.7 Å². The van der Waals surface area contributed by atoms with Crippen LogP contribution in [0.2, 0.25) is 0 Å². The molecule has 8 heteroatoms. The van der Waals surface area contributed by atoms with Crippen LogP contribution in [0.1, 0.15) is 177 Å². The highest BCUT2D eigenvalue weighted by molar-refractivity contribution is 5.82. The fraction of sp³-hybridized carbons (Fsp3) is 0.919. The van der Waals surface area contributed by atoms with Crippen molar-refractivity contribution in [2.45, 2.75) is 201 Å². The molecule has 0 spiro atoms. The lowest BCUT2D eigenvalue weighted by Gasteiger charge is -2.27. The van der Waals surface area contributed by atoms with Crippen molar-refractivity contribution >= 4 is 18.0 Å². The van der Waals surface area contributed by atoms with Gasteiger partial charge in [-0.05, 0) is 73.1 Å². The second-order valence-electron chi connectivity index (χ2n) is 14.9. The topological polar surface area (TPSA) is 102 Å². The zero-order valence-electron chi connectivity index (χ0n) is 30.1. The minimum Gasteiger partial charge on any atom is -0.464 e. The molecular weight excluding hydrogens is 570 g/mol. The zero-order chi connectivity index (χ0) is 33.7. The van der Waals surface area contributed by atoms with Crippen LogP contribution >= 0.6 is 0 Å². The highest BCUT2D eigenvalue weighted by Crippen LogP contribution is 2.28. The van der Waals surface area contributed by atoms with E-state index in [-0.39, 0.29) is 31.6 Å². The molecule has 1 aliphatic rings. The maximum absolute atomic E-state index is 13.2. The first kappa shape index (κ1) is 41.2. The van der Waals surface area contributed by atoms with E-state index in [4.69, 9.17) is 14.2 Å². The van der Waals surface area contributed by atoms with E-state index >= 15 is 0 Å². The van der Waals surface area contributed by atoms with E-state index in [1.165, 1.54) is 69.1 Å². The molecule has 45 heavy (non-hydrogen) atoms. The summed E-state index contributed by atoms with van der Waals surface area (Å²) in [4.78, 5) is 39.7. The van der Waals surface area contributed by atoms with Crippen LogP contribution in [-0.4, -0.2) is 65.0 Å². The molecule has 1 fully saturated rings. The maximum Gasteiger partial charge on any atom is 0.411 e. The summed E-state index contributed by atoms with van der Waals surface area (Å²) in [6, 6.07) is -0.826. The fourth-order valence-electron chi connectivity index (χ4n) is 5.83. The standard InChI is InChI=1S/C37H69NO7/c1-8-10-12-14-16-20-24-31(25-21-17-15-13-11-9-2)44-34(41)37(6,7)26-22-18-19-23-27-43-33(40)32-28-30(39)29-38(32)35(42)45-36(3,4)5/h30-32,39H,8-29H2,1-7H3/t30?,32-/m0/s1. The first-order valence-corrected chi connectivity index (χ1v) is 18.4. The molecule has 0 aromatic heterocycles. The number of β-amino-alcohol motifs (C(OH)–C–C–N with tert-alkyl or cyclic N) is 1. The number of amides is 1. The third kappa shape index (κ3) is 18.8. The van der Waals surface area contributed by atoms with Crippen molar-refractivity contribution in [3.8, 4) is 0 Å². The third-order valence-corrected chi connectivity index (χ3v) is 8.71. The van der Waals surface area contributed by atoms with Crippen molar-refractivity contribution < 1.29 is 33.7 Å². The van der Waals surface area contributed by atoms with E-state index < -0.39 is 35.2 Å². The monoisotopic (exact) mass is 640 g/mol. The maximum atomic E-state index is 13.2. The fourth-order valence-corrected chi connectivity index (χ4v) is 5.83. The number of carbonyl (C=O) groups excluding carboxylic acids is 3. The normalized spacial score (nSPS) is 17.1. The summed E-state index contributed by atoms with van der Waals surface area (Å²) in [6.45, 7) is 14.1. The Hall–Kier alpha value is -1.83. The van der Waals surface area contributed by atoms with E-state index in [1.54, 1.807) is 20.8 Å². The number of aliphatic hydroxyl groups excluding tert-OH is 1. The summed E-state index contributed by atoms with van der Waals surface area (Å²) in [7, 11) is 0. The van der Waals surface area contributed by atoms with Crippen molar-refractivity contribution in [3.05, 3.63) is 0 Å². The van der Waals surface area contributed by atoms with Gasteiger partial charge in [-0.25, -0.2) is 9.59 Å². The van der Waals surface area contributed by atoms with Gasteiger partial charge >= 0.3 is 18.0 Å². The van der Waals surface area contributed by atoms with Gasteiger partial charge in [0.2, 0.25) is 0 Å². The van der Waals surface area contributed by atoms with Crippen LogP contribution in [0.25, 0.3) is 0 Å². The van der Waals surface area contributed by atoms with Gasteiger partial charge in [-0.3, -0.25) is 9.69 Å². The van der Waals surface area contributed by atoms with Crippen LogP contribution in [-0.2, 0) is 23.8 Å². The quantitative estimate of drug-likeness (QED) is 0.0638. The third-order valence-electron chi connectivity index (χ3n) is 8.71. The average Bonchev–Trinajstić information content (AvgIpc) is 3.36. The van der Waals surface area contributed by atoms with Crippen LogP contribution < -0.4 is 0 Å². The number of hydrogen-bond acceptors (Lipinski definition) is 7. The molecule has 2 atom stereocenters. The summed E-state index contributed by atoms with van der Waals surface area (Å²) in [5.74, 6) is -0.579. The summed E-state index contributed by atoms with van der Waals surface area (Å²) < 4.78 is 17.0. The van der Waals surface area contributed by atoms with Gasteiger partial charge in [0.05, 0.1) is 24.7 Å². The number of aliphatic hydroxyl groups is 1. The van der Waals surface area contributed by atoms with E-state index in [0.717, 1.165) is 51.4 Å². The summed E-state index contributed by atoms with van der Waals surface area (Å²) in [5.41, 5.74) is -1.21. The van der Waals surface area contributed by atoms with Gasteiger partial charge in [0.25, 0.3) is 0 Å². The van der Waals surface area contributed by atoms with E-state index in [2.05, 4.69) is 13.8 Å². The Kier molecular flexibility index (Phi) is 20.7. The van der Waals surface area contributed by atoms with Crippen molar-refractivity contribution in [2.24, 2.45) is 5.41 Å². The lowest BCUT2D eigenvalue weighted by Crippen LogP contribution is -2.44. The number of carbonyl (C=O) groups is 3. The summed E-state index contributed by atoms with van der Waals surface area (Å²) in [5, 5.41) is 10.0. The number of esters is 2.